The number of ether oxygens (including phenoxy) is 5. The number of carbonyl (C=O) groups excluding carboxylic acids is 2. The van der Waals surface area contributed by atoms with Crippen LogP contribution in [0.4, 0.5) is 15.4 Å². The number of nitrogens with zero attached hydrogens (tertiary/aromatic N) is 4. The van der Waals surface area contributed by atoms with Gasteiger partial charge in [0.25, 0.3) is 10.1 Å². The summed E-state index contributed by atoms with van der Waals surface area (Å²) in [7, 11) is -4.08. The van der Waals surface area contributed by atoms with Crippen molar-refractivity contribution in [2.75, 3.05) is 11.5 Å². The van der Waals surface area contributed by atoms with Crippen LogP contribution < -0.4 is 4.90 Å². The first kappa shape index (κ1) is 33.7. The van der Waals surface area contributed by atoms with Gasteiger partial charge < -0.3 is 28.3 Å². The molecule has 1 aromatic carbocycles. The highest BCUT2D eigenvalue weighted by molar-refractivity contribution is 7.86. The Morgan fingerprint density at radius 2 is 1.52 bits per heavy atom. The van der Waals surface area contributed by atoms with Gasteiger partial charge in [-0.2, -0.15) is 13.3 Å². The summed E-state index contributed by atoms with van der Waals surface area (Å²) in [6.45, 7) is 15.1. The van der Waals surface area contributed by atoms with Gasteiger partial charge in [0.15, 0.2) is 17.8 Å². The normalized spacial score (nSPS) is 22.9. The van der Waals surface area contributed by atoms with Gasteiger partial charge >= 0.3 is 12.2 Å². The highest BCUT2D eigenvalue weighted by Crippen LogP contribution is 2.44. The molecule has 0 aliphatic carbocycles. The minimum atomic E-state index is -4.08. The third kappa shape index (κ3) is 7.18. The van der Waals surface area contributed by atoms with Crippen molar-refractivity contribution in [1.82, 2.24) is 14.5 Å². The molecule has 0 bridgehead atoms. The summed E-state index contributed by atoms with van der Waals surface area (Å²) in [4.78, 5) is 36.1. The molecule has 2 aliphatic rings. The number of imide groups is 1. The fourth-order valence-electron chi connectivity index (χ4n) is 5.15. The van der Waals surface area contributed by atoms with E-state index in [0.29, 0.717) is 11.0 Å². The van der Waals surface area contributed by atoms with Crippen molar-refractivity contribution in [2.45, 2.75) is 109 Å². The fraction of sp³-hybridized carbons (Fsp3) is 0.548. The maximum atomic E-state index is 13.3. The lowest BCUT2D eigenvalue weighted by molar-refractivity contribution is -0.198. The van der Waals surface area contributed by atoms with Gasteiger partial charge in [-0.3, -0.25) is 4.18 Å². The van der Waals surface area contributed by atoms with Crippen LogP contribution in [0.15, 0.2) is 47.8 Å². The summed E-state index contributed by atoms with van der Waals surface area (Å²) < 4.78 is 62.7. The van der Waals surface area contributed by atoms with Gasteiger partial charge in [0, 0.05) is 6.20 Å². The molecular weight excluding hydrogens is 620 g/mol. The molecule has 2 fully saturated rings. The van der Waals surface area contributed by atoms with Crippen LogP contribution in [0.5, 0.6) is 0 Å². The van der Waals surface area contributed by atoms with Crippen molar-refractivity contribution in [3.63, 3.8) is 0 Å². The van der Waals surface area contributed by atoms with Crippen LogP contribution >= 0.6 is 0 Å². The molecule has 0 saturated carbocycles. The molecule has 0 radical (unpaired) electrons. The minimum Gasteiger partial charge on any atom is -0.443 e. The van der Waals surface area contributed by atoms with Crippen molar-refractivity contribution >= 4 is 39.2 Å². The topological polar surface area (TPSA) is 158 Å². The van der Waals surface area contributed by atoms with Crippen LogP contribution in [-0.4, -0.2) is 77.0 Å². The number of benzene rings is 1. The molecule has 15 heteroatoms. The minimum absolute atomic E-state index is 0.0216. The fourth-order valence-corrected chi connectivity index (χ4v) is 6.07. The highest BCUT2D eigenvalue weighted by atomic mass is 32.2. The Bertz CT molecular complexity index is 1700. The van der Waals surface area contributed by atoms with Gasteiger partial charge in [0.1, 0.15) is 41.5 Å². The Morgan fingerprint density at radius 1 is 0.935 bits per heavy atom. The van der Waals surface area contributed by atoms with Gasteiger partial charge in [0.05, 0.1) is 16.9 Å². The van der Waals surface area contributed by atoms with E-state index in [9.17, 15) is 18.0 Å². The second-order valence-electron chi connectivity index (χ2n) is 13.6. The first-order valence-electron chi connectivity index (χ1n) is 14.8. The second-order valence-corrected chi connectivity index (χ2v) is 15.3. The third-order valence-corrected chi connectivity index (χ3v) is 8.24. The molecule has 14 nitrogen and oxygen atoms in total. The van der Waals surface area contributed by atoms with Gasteiger partial charge in [-0.15, -0.1) is 0 Å². The summed E-state index contributed by atoms with van der Waals surface area (Å²) in [6, 6.07) is 7.95. The summed E-state index contributed by atoms with van der Waals surface area (Å²) in [5, 5.41) is 0.319. The largest absolute Gasteiger partial charge is 0.443 e. The average molecular weight is 661 g/mol. The molecule has 3 aromatic rings. The summed E-state index contributed by atoms with van der Waals surface area (Å²) in [5.74, 6) is -1.06. The number of carbonyl (C=O) groups is 2. The number of aryl methyl sites for hydroxylation is 1. The maximum Gasteiger partial charge on any atom is 0.425 e. The Labute approximate surface area is 268 Å². The van der Waals surface area contributed by atoms with Gasteiger partial charge in [0.2, 0.25) is 0 Å². The zero-order chi connectivity index (χ0) is 33.8. The molecular formula is C31H40N4O10S. The molecule has 2 unspecified atom stereocenters. The highest BCUT2D eigenvalue weighted by Gasteiger charge is 2.56. The van der Waals surface area contributed by atoms with E-state index in [1.807, 2.05) is 6.92 Å². The van der Waals surface area contributed by atoms with E-state index in [-0.39, 0.29) is 17.3 Å². The smallest absolute Gasteiger partial charge is 0.425 e. The van der Waals surface area contributed by atoms with Gasteiger partial charge in [-0.25, -0.2) is 19.6 Å². The molecule has 2 aromatic heterocycles. The third-order valence-electron chi connectivity index (χ3n) is 6.95. The summed E-state index contributed by atoms with van der Waals surface area (Å²) >= 11 is 0. The molecule has 2 saturated heterocycles. The van der Waals surface area contributed by atoms with Crippen LogP contribution in [-0.2, 0) is 38.0 Å². The second kappa shape index (κ2) is 11.9. The van der Waals surface area contributed by atoms with Crippen molar-refractivity contribution in [1.29, 1.82) is 0 Å². The number of aromatic nitrogens is 3. The quantitative estimate of drug-likeness (QED) is 0.317. The zero-order valence-corrected chi connectivity index (χ0v) is 28.2. The van der Waals surface area contributed by atoms with Crippen molar-refractivity contribution < 1.29 is 45.9 Å². The monoisotopic (exact) mass is 660 g/mol. The van der Waals surface area contributed by atoms with E-state index in [4.69, 9.17) is 27.9 Å². The average Bonchev–Trinajstić information content (AvgIpc) is 3.57. The van der Waals surface area contributed by atoms with E-state index in [1.165, 1.54) is 18.5 Å². The van der Waals surface area contributed by atoms with Gasteiger partial charge in [-0.05, 0) is 80.5 Å². The Balaban J connectivity index is 1.47. The lowest BCUT2D eigenvalue weighted by Crippen LogP contribution is -2.44. The number of anilines is 1. The first-order chi connectivity index (χ1) is 21.2. The van der Waals surface area contributed by atoms with Crippen LogP contribution in [0.2, 0.25) is 0 Å². The van der Waals surface area contributed by atoms with Crippen LogP contribution in [0.3, 0.4) is 0 Å². The van der Waals surface area contributed by atoms with Crippen molar-refractivity contribution in [3.05, 3.63) is 48.4 Å². The Hall–Kier alpha value is -3.63. The first-order valence-corrected chi connectivity index (χ1v) is 16.2. The predicted octanol–water partition coefficient (Wildman–Crippen LogP) is 5.24. The Morgan fingerprint density at radius 3 is 2.11 bits per heavy atom. The number of hydrogen-bond donors (Lipinski definition) is 0. The summed E-state index contributed by atoms with van der Waals surface area (Å²) in [6.07, 6.45) is -2.17. The van der Waals surface area contributed by atoms with Gasteiger partial charge in [-0.1, -0.05) is 17.7 Å². The molecule has 4 heterocycles. The molecule has 5 rings (SSSR count). The number of rotatable bonds is 6. The number of hydrogen-bond acceptors (Lipinski definition) is 12. The standard InChI is InChI=1S/C31H40N4O10S/c1-18-10-12-19(13-11-18)46(38,39)40-16-21-22-23(43-31(8,9)42-22)26(41-21)34-15-14-20-24(34)32-17-33-25(20)35(27(36)44-29(2,3)4)28(37)45-30(5,6)7/h10-15,17,21-23,26H,16H2,1-9H3/t21?,22-,23-,26?/m1/s1. The van der Waals surface area contributed by atoms with Crippen LogP contribution in [0.1, 0.15) is 67.2 Å². The number of fused-ring (bicyclic) bond motifs is 2. The van der Waals surface area contributed by atoms with Crippen LogP contribution in [0, 0.1) is 6.92 Å². The molecule has 0 spiro atoms. The lowest BCUT2D eigenvalue weighted by Gasteiger charge is -2.28. The molecule has 4 atom stereocenters. The van der Waals surface area contributed by atoms with E-state index in [2.05, 4.69) is 9.97 Å². The zero-order valence-electron chi connectivity index (χ0n) is 27.3. The maximum absolute atomic E-state index is 13.3. The van der Waals surface area contributed by atoms with E-state index >= 15 is 0 Å². The molecule has 0 N–H and O–H groups in total. The van der Waals surface area contributed by atoms with E-state index in [0.717, 1.165) is 10.5 Å². The van der Waals surface area contributed by atoms with E-state index < -0.39 is 63.8 Å². The van der Waals surface area contributed by atoms with Crippen LogP contribution in [0.25, 0.3) is 11.0 Å². The molecule has 2 amide bonds. The van der Waals surface area contributed by atoms with Crippen molar-refractivity contribution in [3.8, 4) is 0 Å². The SMILES string of the molecule is Cc1ccc(S(=O)(=O)OCC2OC(n3ccc4c(N(C(=O)OC(C)(C)C)C(=O)OC(C)(C)C)ncnc43)[C@@H]3OC(C)(C)O[C@H]23)cc1. The lowest BCUT2D eigenvalue weighted by atomic mass is 10.1. The van der Waals surface area contributed by atoms with E-state index in [1.54, 1.807) is 84.4 Å². The molecule has 250 valence electrons. The number of amides is 2. The summed E-state index contributed by atoms with van der Waals surface area (Å²) in [5.41, 5.74) is -0.626. The Kier molecular flexibility index (Phi) is 8.70. The predicted molar refractivity (Wildman–Crippen MR) is 165 cm³/mol. The van der Waals surface area contributed by atoms with Crippen molar-refractivity contribution in [2.24, 2.45) is 0 Å². The molecule has 2 aliphatic heterocycles. The molecule has 46 heavy (non-hydrogen) atoms.